The summed E-state index contributed by atoms with van der Waals surface area (Å²) >= 11 is 17.1. The molecule has 0 radical (unpaired) electrons. The Labute approximate surface area is 193 Å². The van der Waals surface area contributed by atoms with E-state index in [0.29, 0.717) is 31.7 Å². The maximum atomic E-state index is 13.5. The van der Waals surface area contributed by atoms with Crippen LogP contribution in [0.5, 0.6) is 0 Å². The van der Waals surface area contributed by atoms with E-state index in [-0.39, 0.29) is 16.8 Å². The van der Waals surface area contributed by atoms with Gasteiger partial charge in [0, 0.05) is 9.85 Å². The fourth-order valence-electron chi connectivity index (χ4n) is 3.59. The molecule has 0 spiro atoms. The summed E-state index contributed by atoms with van der Waals surface area (Å²) in [6.45, 7) is 1.84. The summed E-state index contributed by atoms with van der Waals surface area (Å²) < 4.78 is 6.66. The smallest absolute Gasteiger partial charge is 0.297 e. The van der Waals surface area contributed by atoms with Gasteiger partial charge in [-0.2, -0.15) is 0 Å². The van der Waals surface area contributed by atoms with Crippen LogP contribution < -0.4 is 10.3 Å². The Morgan fingerprint density at radius 1 is 1.13 bits per heavy atom. The van der Waals surface area contributed by atoms with Gasteiger partial charge in [0.2, 0.25) is 5.76 Å². The number of thiazole rings is 1. The minimum Gasteiger partial charge on any atom is -0.450 e. The molecule has 0 fully saturated rings. The van der Waals surface area contributed by atoms with Crippen LogP contribution in [0.15, 0.2) is 55.5 Å². The van der Waals surface area contributed by atoms with Crippen LogP contribution in [-0.2, 0) is 0 Å². The van der Waals surface area contributed by atoms with Crippen molar-refractivity contribution in [3.05, 3.63) is 89.1 Å². The Balaban J connectivity index is 1.84. The molecule has 0 saturated heterocycles. The number of halogens is 3. The molecule has 150 valence electrons. The first-order chi connectivity index (χ1) is 14.3. The zero-order chi connectivity index (χ0) is 21.2. The van der Waals surface area contributed by atoms with Crippen LogP contribution in [-0.4, -0.2) is 10.9 Å². The molecule has 4 aromatic rings. The maximum absolute atomic E-state index is 13.5. The van der Waals surface area contributed by atoms with Gasteiger partial charge in [-0.05, 0) is 42.8 Å². The third-order valence-corrected chi connectivity index (χ3v) is 7.09. The van der Waals surface area contributed by atoms with Gasteiger partial charge in [0.05, 0.1) is 32.7 Å². The van der Waals surface area contributed by atoms with E-state index in [0.717, 1.165) is 10.2 Å². The summed E-state index contributed by atoms with van der Waals surface area (Å²) in [6, 6.07) is 9.44. The summed E-state index contributed by atoms with van der Waals surface area (Å²) in [4.78, 5) is 32.9. The number of amides is 1. The molecule has 5 nitrogen and oxygen atoms in total. The Kier molecular flexibility index (Phi) is 4.74. The quantitative estimate of drug-likeness (QED) is 0.307. The molecule has 0 saturated carbocycles. The molecule has 2 aromatic heterocycles. The molecule has 2 aromatic carbocycles. The van der Waals surface area contributed by atoms with Crippen molar-refractivity contribution in [3.8, 4) is 0 Å². The van der Waals surface area contributed by atoms with Gasteiger partial charge in [0.25, 0.3) is 5.91 Å². The second kappa shape index (κ2) is 7.20. The van der Waals surface area contributed by atoms with Crippen molar-refractivity contribution in [1.82, 2.24) is 4.98 Å². The molecule has 0 N–H and O–H groups in total. The Hall–Kier alpha value is -2.19. The molecular formula is C21H11BrCl2N2O3S. The van der Waals surface area contributed by atoms with E-state index in [2.05, 4.69) is 20.9 Å². The number of rotatable bonds is 2. The molecule has 0 aliphatic carbocycles. The molecule has 1 aliphatic heterocycles. The number of nitrogens with zero attached hydrogens (tertiary/aromatic N) is 2. The van der Waals surface area contributed by atoms with E-state index in [9.17, 15) is 9.59 Å². The number of carbonyl (C=O) groups is 1. The van der Waals surface area contributed by atoms with Gasteiger partial charge in [0.15, 0.2) is 10.6 Å². The molecule has 5 rings (SSSR count). The average Bonchev–Trinajstić information content (AvgIpc) is 3.26. The Morgan fingerprint density at radius 3 is 2.63 bits per heavy atom. The van der Waals surface area contributed by atoms with Crippen molar-refractivity contribution < 1.29 is 9.21 Å². The zero-order valence-electron chi connectivity index (χ0n) is 15.3. The third kappa shape index (κ3) is 3.00. The molecular weight excluding hydrogens is 511 g/mol. The van der Waals surface area contributed by atoms with E-state index in [1.54, 1.807) is 36.4 Å². The van der Waals surface area contributed by atoms with Crippen molar-refractivity contribution in [2.45, 2.75) is 13.0 Å². The number of aromatic nitrogens is 1. The van der Waals surface area contributed by atoms with Crippen LogP contribution in [0.4, 0.5) is 5.13 Å². The fraction of sp³-hybridized carbons (Fsp3) is 0.0952. The number of aryl methyl sites for hydroxylation is 1. The predicted octanol–water partition coefficient (Wildman–Crippen LogP) is 6.38. The molecule has 0 bridgehead atoms. The first-order valence-corrected chi connectivity index (χ1v) is 11.2. The maximum Gasteiger partial charge on any atom is 0.297 e. The highest BCUT2D eigenvalue weighted by atomic mass is 79.9. The number of hydrogen-bond acceptors (Lipinski definition) is 5. The highest BCUT2D eigenvalue weighted by Gasteiger charge is 2.45. The van der Waals surface area contributed by atoms with Crippen molar-refractivity contribution in [2.24, 2.45) is 0 Å². The van der Waals surface area contributed by atoms with Crippen molar-refractivity contribution in [1.29, 1.82) is 0 Å². The van der Waals surface area contributed by atoms with Crippen molar-refractivity contribution in [2.75, 3.05) is 4.90 Å². The van der Waals surface area contributed by atoms with E-state index in [1.807, 2.05) is 12.3 Å². The first-order valence-electron chi connectivity index (χ1n) is 8.82. The summed E-state index contributed by atoms with van der Waals surface area (Å²) in [6.07, 6.45) is 0. The van der Waals surface area contributed by atoms with Gasteiger partial charge < -0.3 is 4.42 Å². The molecule has 3 heterocycles. The highest BCUT2D eigenvalue weighted by Crippen LogP contribution is 2.43. The lowest BCUT2D eigenvalue weighted by Gasteiger charge is -2.22. The van der Waals surface area contributed by atoms with E-state index >= 15 is 0 Å². The second-order valence-corrected chi connectivity index (χ2v) is 9.40. The minimum absolute atomic E-state index is 0.0127. The van der Waals surface area contributed by atoms with E-state index in [4.69, 9.17) is 27.6 Å². The second-order valence-electron chi connectivity index (χ2n) is 6.84. The lowest BCUT2D eigenvalue weighted by molar-refractivity contribution is 0.0971. The van der Waals surface area contributed by atoms with Crippen molar-refractivity contribution in [3.63, 3.8) is 0 Å². The van der Waals surface area contributed by atoms with Crippen LogP contribution in [0, 0.1) is 6.92 Å². The van der Waals surface area contributed by atoms with Gasteiger partial charge >= 0.3 is 0 Å². The Bertz CT molecular complexity index is 1420. The van der Waals surface area contributed by atoms with Gasteiger partial charge in [-0.3, -0.25) is 14.5 Å². The Morgan fingerprint density at radius 2 is 1.93 bits per heavy atom. The third-order valence-electron chi connectivity index (χ3n) is 4.90. The summed E-state index contributed by atoms with van der Waals surface area (Å²) in [5.41, 5.74) is 1.76. The van der Waals surface area contributed by atoms with Crippen LogP contribution in [0.3, 0.4) is 0 Å². The fourth-order valence-corrected chi connectivity index (χ4v) is 5.09. The predicted molar refractivity (Wildman–Crippen MR) is 122 cm³/mol. The molecule has 30 heavy (non-hydrogen) atoms. The highest BCUT2D eigenvalue weighted by molar-refractivity contribution is 9.10. The first kappa shape index (κ1) is 19.8. The number of hydrogen-bond donors (Lipinski definition) is 0. The SMILES string of the molecule is Cc1csc(N2C(=O)c3oc4ccc(Br)cc4c(=O)c3[C@H]2c2ccc(Cl)c(Cl)c2)n1. The van der Waals surface area contributed by atoms with Crippen LogP contribution in [0.1, 0.15) is 33.4 Å². The minimum atomic E-state index is -0.729. The van der Waals surface area contributed by atoms with Gasteiger partial charge in [-0.15, -0.1) is 11.3 Å². The van der Waals surface area contributed by atoms with Crippen LogP contribution in [0.25, 0.3) is 11.0 Å². The normalized spacial score (nSPS) is 15.8. The number of benzene rings is 2. The zero-order valence-corrected chi connectivity index (χ0v) is 19.2. The van der Waals surface area contributed by atoms with Gasteiger partial charge in [-0.25, -0.2) is 4.98 Å². The number of fused-ring (bicyclic) bond motifs is 2. The lowest BCUT2D eigenvalue weighted by Crippen LogP contribution is -2.29. The van der Waals surface area contributed by atoms with Crippen molar-refractivity contribution >= 4 is 72.5 Å². The number of anilines is 1. The molecule has 9 heteroatoms. The summed E-state index contributed by atoms with van der Waals surface area (Å²) in [5, 5.41) is 3.43. The topological polar surface area (TPSA) is 63.4 Å². The van der Waals surface area contributed by atoms with Gasteiger partial charge in [0.1, 0.15) is 5.58 Å². The monoisotopic (exact) mass is 520 g/mol. The molecule has 1 atom stereocenters. The molecule has 1 aliphatic rings. The average molecular weight is 522 g/mol. The van der Waals surface area contributed by atoms with Gasteiger partial charge in [-0.1, -0.05) is 45.2 Å². The number of carbonyl (C=O) groups excluding carboxylic acids is 1. The van der Waals surface area contributed by atoms with Crippen LogP contribution >= 0.6 is 50.5 Å². The summed E-state index contributed by atoms with van der Waals surface area (Å²) in [7, 11) is 0. The van der Waals surface area contributed by atoms with E-state index < -0.39 is 11.9 Å². The van der Waals surface area contributed by atoms with E-state index in [1.165, 1.54) is 16.2 Å². The molecule has 0 unspecified atom stereocenters. The molecule has 1 amide bonds. The summed E-state index contributed by atoms with van der Waals surface area (Å²) in [5.74, 6) is -0.406. The standard InChI is InChI=1S/C21H11BrCl2N2O3S/c1-9-8-30-21(25-9)26-17(10-2-4-13(23)14(24)6-10)16-18(27)12-7-11(22)3-5-15(12)29-19(16)20(26)28/h2-8,17H,1H3/t17-/m1/s1. The largest absolute Gasteiger partial charge is 0.450 e. The van der Waals surface area contributed by atoms with Crippen LogP contribution in [0.2, 0.25) is 10.0 Å². The lowest BCUT2D eigenvalue weighted by atomic mass is 9.99.